The molecule has 0 radical (unpaired) electrons. The smallest absolute Gasteiger partial charge is 0.314 e. The lowest BCUT2D eigenvalue weighted by atomic mass is 10.0. The highest BCUT2D eigenvalue weighted by Crippen LogP contribution is 2.09. The predicted molar refractivity (Wildman–Crippen MR) is 63.8 cm³/mol. The van der Waals surface area contributed by atoms with Crippen molar-refractivity contribution in [2.45, 2.75) is 45.1 Å². The van der Waals surface area contributed by atoms with E-state index in [1.54, 1.807) is 6.92 Å². The van der Waals surface area contributed by atoms with Crippen molar-refractivity contribution in [3.05, 3.63) is 0 Å². The van der Waals surface area contributed by atoms with Crippen molar-refractivity contribution < 1.29 is 19.8 Å². The average molecular weight is 246 g/mol. The van der Waals surface area contributed by atoms with E-state index in [2.05, 4.69) is 10.6 Å². The molecule has 0 saturated heterocycles. The second kappa shape index (κ2) is 7.89. The molecule has 0 rings (SSSR count). The average Bonchev–Trinajstić information content (AvgIpc) is 2.21. The number of carbonyl (C=O) groups excluding carboxylic acids is 1. The maximum atomic E-state index is 11.3. The second-order valence-corrected chi connectivity index (χ2v) is 4.35. The standard InChI is InChI=1S/C11H22N2O4/c1-3-6-11(2,17)8-13-10(16)12-7-4-5-9(14)15/h17H,3-8H2,1-2H3,(H,14,15)(H2,12,13,16). The normalized spacial score (nSPS) is 13.8. The lowest BCUT2D eigenvalue weighted by Gasteiger charge is -2.22. The number of hydrogen-bond acceptors (Lipinski definition) is 3. The van der Waals surface area contributed by atoms with Crippen molar-refractivity contribution in [1.82, 2.24) is 10.6 Å². The van der Waals surface area contributed by atoms with Gasteiger partial charge in [0.1, 0.15) is 0 Å². The first-order chi connectivity index (χ1) is 7.87. The van der Waals surface area contributed by atoms with Gasteiger partial charge >= 0.3 is 12.0 Å². The first-order valence-electron chi connectivity index (χ1n) is 5.83. The van der Waals surface area contributed by atoms with E-state index < -0.39 is 11.6 Å². The second-order valence-electron chi connectivity index (χ2n) is 4.35. The van der Waals surface area contributed by atoms with E-state index in [1.807, 2.05) is 6.92 Å². The summed E-state index contributed by atoms with van der Waals surface area (Å²) in [5, 5.41) is 23.3. The Labute approximate surface area is 101 Å². The van der Waals surface area contributed by atoms with Crippen LogP contribution in [0.25, 0.3) is 0 Å². The third kappa shape index (κ3) is 9.62. The molecule has 6 heteroatoms. The fourth-order valence-corrected chi connectivity index (χ4v) is 1.40. The van der Waals surface area contributed by atoms with Crippen LogP contribution in [0.15, 0.2) is 0 Å². The minimum atomic E-state index is -0.896. The number of carboxylic acid groups (broad SMARTS) is 1. The highest BCUT2D eigenvalue weighted by molar-refractivity contribution is 5.74. The number of amides is 2. The highest BCUT2D eigenvalue weighted by Gasteiger charge is 2.19. The first-order valence-corrected chi connectivity index (χ1v) is 5.83. The SMILES string of the molecule is CCCC(C)(O)CNC(=O)NCCCC(=O)O. The molecule has 17 heavy (non-hydrogen) atoms. The monoisotopic (exact) mass is 246 g/mol. The summed E-state index contributed by atoms with van der Waals surface area (Å²) in [6.45, 7) is 4.13. The Hall–Kier alpha value is -1.30. The molecule has 0 aliphatic rings. The summed E-state index contributed by atoms with van der Waals surface area (Å²) in [5.41, 5.74) is -0.896. The lowest BCUT2D eigenvalue weighted by Crippen LogP contribution is -2.45. The minimum absolute atomic E-state index is 0.0355. The van der Waals surface area contributed by atoms with Crippen LogP contribution in [0.1, 0.15) is 39.5 Å². The molecule has 1 atom stereocenters. The molecule has 0 bridgehead atoms. The molecule has 4 N–H and O–H groups in total. The van der Waals surface area contributed by atoms with Gasteiger partial charge in [-0.05, 0) is 19.8 Å². The van der Waals surface area contributed by atoms with Gasteiger partial charge in [0, 0.05) is 19.5 Å². The molecule has 100 valence electrons. The van der Waals surface area contributed by atoms with Gasteiger partial charge < -0.3 is 20.8 Å². The molecule has 0 aliphatic heterocycles. The number of hydrogen-bond donors (Lipinski definition) is 4. The highest BCUT2D eigenvalue weighted by atomic mass is 16.4. The molecule has 0 aromatic rings. The molecule has 0 aliphatic carbocycles. The molecule has 1 unspecified atom stereocenters. The number of urea groups is 1. The summed E-state index contributed by atoms with van der Waals surface area (Å²) in [7, 11) is 0. The molecule has 2 amide bonds. The minimum Gasteiger partial charge on any atom is -0.481 e. The molecule has 0 heterocycles. The number of nitrogens with one attached hydrogen (secondary N) is 2. The zero-order chi connectivity index (χ0) is 13.3. The first kappa shape index (κ1) is 15.7. The van der Waals surface area contributed by atoms with Gasteiger partial charge in [-0.15, -0.1) is 0 Å². The van der Waals surface area contributed by atoms with Gasteiger partial charge in [0.15, 0.2) is 0 Å². The van der Waals surface area contributed by atoms with Crippen molar-refractivity contribution in [3.63, 3.8) is 0 Å². The van der Waals surface area contributed by atoms with Gasteiger partial charge in [-0.2, -0.15) is 0 Å². The summed E-state index contributed by atoms with van der Waals surface area (Å²) in [6.07, 6.45) is 1.89. The van der Waals surface area contributed by atoms with E-state index in [0.717, 1.165) is 6.42 Å². The number of aliphatic carboxylic acids is 1. The van der Waals surface area contributed by atoms with Crippen LogP contribution in [0, 0.1) is 0 Å². The van der Waals surface area contributed by atoms with Crippen LogP contribution in [0.3, 0.4) is 0 Å². The van der Waals surface area contributed by atoms with Crippen LogP contribution < -0.4 is 10.6 Å². The Morgan fingerprint density at radius 3 is 2.47 bits per heavy atom. The molecule has 6 nitrogen and oxygen atoms in total. The molecule has 0 saturated carbocycles. The van der Waals surface area contributed by atoms with E-state index in [9.17, 15) is 14.7 Å². The molecular formula is C11H22N2O4. The van der Waals surface area contributed by atoms with Crippen molar-refractivity contribution in [3.8, 4) is 0 Å². The van der Waals surface area contributed by atoms with Crippen molar-refractivity contribution in [2.24, 2.45) is 0 Å². The van der Waals surface area contributed by atoms with Gasteiger partial charge in [0.25, 0.3) is 0 Å². The van der Waals surface area contributed by atoms with Gasteiger partial charge in [0.05, 0.1) is 5.60 Å². The Morgan fingerprint density at radius 1 is 1.29 bits per heavy atom. The molecule has 0 aromatic carbocycles. The third-order valence-electron chi connectivity index (χ3n) is 2.27. The number of carbonyl (C=O) groups is 2. The Kier molecular flexibility index (Phi) is 7.29. The number of rotatable bonds is 8. The molecule has 0 spiro atoms. The van der Waals surface area contributed by atoms with E-state index in [4.69, 9.17) is 5.11 Å². The third-order valence-corrected chi connectivity index (χ3v) is 2.27. The maximum Gasteiger partial charge on any atom is 0.314 e. The van der Waals surface area contributed by atoms with Crippen LogP contribution in [0.5, 0.6) is 0 Å². The van der Waals surface area contributed by atoms with E-state index in [1.165, 1.54) is 0 Å². The largest absolute Gasteiger partial charge is 0.481 e. The van der Waals surface area contributed by atoms with E-state index in [-0.39, 0.29) is 19.0 Å². The maximum absolute atomic E-state index is 11.3. The quantitative estimate of drug-likeness (QED) is 0.474. The zero-order valence-electron chi connectivity index (χ0n) is 10.5. The molecular weight excluding hydrogens is 224 g/mol. The van der Waals surface area contributed by atoms with E-state index >= 15 is 0 Å². The molecule has 0 fully saturated rings. The van der Waals surface area contributed by atoms with Crippen molar-refractivity contribution >= 4 is 12.0 Å². The topological polar surface area (TPSA) is 98.7 Å². The van der Waals surface area contributed by atoms with Crippen molar-refractivity contribution in [2.75, 3.05) is 13.1 Å². The zero-order valence-corrected chi connectivity index (χ0v) is 10.5. The van der Waals surface area contributed by atoms with Crippen LogP contribution in [0.4, 0.5) is 4.79 Å². The molecule has 0 aromatic heterocycles. The Bertz CT molecular complexity index is 254. The van der Waals surface area contributed by atoms with Crippen LogP contribution >= 0.6 is 0 Å². The van der Waals surface area contributed by atoms with Crippen molar-refractivity contribution in [1.29, 1.82) is 0 Å². The summed E-state index contributed by atoms with van der Waals surface area (Å²) in [4.78, 5) is 21.5. The summed E-state index contributed by atoms with van der Waals surface area (Å²) < 4.78 is 0. The summed E-state index contributed by atoms with van der Waals surface area (Å²) in [5.74, 6) is -0.877. The van der Waals surface area contributed by atoms with Crippen LogP contribution in [-0.2, 0) is 4.79 Å². The number of aliphatic hydroxyl groups is 1. The summed E-state index contributed by atoms with van der Waals surface area (Å²) >= 11 is 0. The predicted octanol–water partition coefficient (Wildman–Crippen LogP) is 0.701. The van der Waals surface area contributed by atoms with Gasteiger partial charge in [0.2, 0.25) is 0 Å². The van der Waals surface area contributed by atoms with Crippen LogP contribution in [-0.4, -0.2) is 40.9 Å². The van der Waals surface area contributed by atoms with Gasteiger partial charge in [-0.1, -0.05) is 13.3 Å². The lowest BCUT2D eigenvalue weighted by molar-refractivity contribution is -0.137. The van der Waals surface area contributed by atoms with E-state index in [0.29, 0.717) is 19.4 Å². The summed E-state index contributed by atoms with van der Waals surface area (Å²) in [6, 6.07) is -0.383. The Morgan fingerprint density at radius 2 is 1.94 bits per heavy atom. The van der Waals surface area contributed by atoms with Gasteiger partial charge in [-0.3, -0.25) is 4.79 Å². The van der Waals surface area contributed by atoms with Gasteiger partial charge in [-0.25, -0.2) is 4.79 Å². The fourth-order valence-electron chi connectivity index (χ4n) is 1.40. The van der Waals surface area contributed by atoms with Crippen LogP contribution in [0.2, 0.25) is 0 Å². The fraction of sp³-hybridized carbons (Fsp3) is 0.818. The Balaban J connectivity index is 3.62. The number of carboxylic acids is 1.